The molecule has 0 saturated heterocycles. The number of nitrogens with one attached hydrogen (secondary N) is 1. The molecule has 0 bridgehead atoms. The van der Waals surface area contributed by atoms with Crippen LogP contribution in [-0.4, -0.2) is 56.4 Å². The quantitative estimate of drug-likeness (QED) is 0.784. The van der Waals surface area contributed by atoms with Gasteiger partial charge >= 0.3 is 0 Å². The Balaban J connectivity index is 2.02. The SMILES string of the molecule is Cc1noc(C)c1CN(C)CC(=O)Nc1cccc(S(=O)(=O)N(C)C)c1. The van der Waals surface area contributed by atoms with Gasteiger partial charge in [0.1, 0.15) is 5.76 Å². The second kappa shape index (κ2) is 7.98. The molecule has 1 aromatic carbocycles. The van der Waals surface area contributed by atoms with Crippen molar-refractivity contribution >= 4 is 21.6 Å². The molecule has 142 valence electrons. The number of amides is 1. The molecule has 0 aliphatic carbocycles. The number of carbonyl (C=O) groups is 1. The molecule has 26 heavy (non-hydrogen) atoms. The number of likely N-dealkylation sites (N-methyl/N-ethyl adjacent to an activating group) is 1. The van der Waals surface area contributed by atoms with E-state index < -0.39 is 10.0 Å². The van der Waals surface area contributed by atoms with Crippen LogP contribution in [0.3, 0.4) is 0 Å². The predicted molar refractivity (Wildman–Crippen MR) is 98.3 cm³/mol. The molecule has 0 saturated carbocycles. The van der Waals surface area contributed by atoms with Crippen molar-refractivity contribution in [2.75, 3.05) is 33.0 Å². The highest BCUT2D eigenvalue weighted by Crippen LogP contribution is 2.18. The summed E-state index contributed by atoms with van der Waals surface area (Å²) in [5.74, 6) is 0.495. The number of rotatable bonds is 7. The summed E-state index contributed by atoms with van der Waals surface area (Å²) in [7, 11) is 1.20. The van der Waals surface area contributed by atoms with Gasteiger partial charge in [-0.2, -0.15) is 0 Å². The van der Waals surface area contributed by atoms with Crippen molar-refractivity contribution in [1.82, 2.24) is 14.4 Å². The zero-order valence-corrected chi connectivity index (χ0v) is 16.4. The third-order valence-corrected chi connectivity index (χ3v) is 5.73. The van der Waals surface area contributed by atoms with Crippen LogP contribution < -0.4 is 5.32 Å². The van der Waals surface area contributed by atoms with Gasteiger partial charge < -0.3 is 9.84 Å². The molecule has 1 aromatic heterocycles. The predicted octanol–water partition coefficient (Wildman–Crippen LogP) is 1.61. The van der Waals surface area contributed by atoms with Gasteiger partial charge in [-0.1, -0.05) is 11.2 Å². The molecule has 0 unspecified atom stereocenters. The van der Waals surface area contributed by atoms with E-state index in [1.165, 1.54) is 26.2 Å². The first-order valence-electron chi connectivity index (χ1n) is 8.04. The van der Waals surface area contributed by atoms with Crippen molar-refractivity contribution in [2.45, 2.75) is 25.3 Å². The third kappa shape index (κ3) is 4.69. The van der Waals surface area contributed by atoms with E-state index in [4.69, 9.17) is 4.52 Å². The summed E-state index contributed by atoms with van der Waals surface area (Å²) >= 11 is 0. The van der Waals surface area contributed by atoms with Crippen molar-refractivity contribution in [3.63, 3.8) is 0 Å². The highest BCUT2D eigenvalue weighted by Gasteiger charge is 2.18. The third-order valence-electron chi connectivity index (χ3n) is 3.92. The van der Waals surface area contributed by atoms with Gasteiger partial charge in [0.25, 0.3) is 0 Å². The van der Waals surface area contributed by atoms with Crippen LogP contribution in [0.2, 0.25) is 0 Å². The van der Waals surface area contributed by atoms with Crippen molar-refractivity contribution < 1.29 is 17.7 Å². The van der Waals surface area contributed by atoms with Crippen LogP contribution in [0.4, 0.5) is 5.69 Å². The second-order valence-electron chi connectivity index (χ2n) is 6.34. The molecule has 0 radical (unpaired) electrons. The number of nitrogens with zero attached hydrogens (tertiary/aromatic N) is 3. The van der Waals surface area contributed by atoms with Gasteiger partial charge in [-0.15, -0.1) is 0 Å². The van der Waals surface area contributed by atoms with Gasteiger partial charge in [-0.05, 0) is 39.1 Å². The zero-order valence-electron chi connectivity index (χ0n) is 15.6. The fraction of sp³-hybridized carbons (Fsp3) is 0.412. The maximum atomic E-state index is 12.3. The lowest BCUT2D eigenvalue weighted by atomic mass is 10.2. The molecule has 0 spiro atoms. The van der Waals surface area contributed by atoms with Crippen molar-refractivity contribution in [2.24, 2.45) is 0 Å². The Morgan fingerprint density at radius 3 is 2.50 bits per heavy atom. The fourth-order valence-electron chi connectivity index (χ4n) is 2.44. The molecule has 0 aliphatic rings. The summed E-state index contributed by atoms with van der Waals surface area (Å²) < 4.78 is 30.6. The molecular weight excluding hydrogens is 356 g/mol. The largest absolute Gasteiger partial charge is 0.361 e. The van der Waals surface area contributed by atoms with E-state index >= 15 is 0 Å². The summed E-state index contributed by atoms with van der Waals surface area (Å²) in [6.45, 7) is 4.37. The van der Waals surface area contributed by atoms with Crippen molar-refractivity contribution in [1.29, 1.82) is 0 Å². The molecular formula is C17H24N4O4S. The van der Waals surface area contributed by atoms with Gasteiger partial charge in [-0.25, -0.2) is 12.7 Å². The summed E-state index contributed by atoms with van der Waals surface area (Å²) in [4.78, 5) is 14.2. The Bertz CT molecular complexity index is 870. The standard InChI is InChI=1S/C17H24N4O4S/c1-12-16(13(2)25-19-12)10-21(5)11-17(22)18-14-7-6-8-15(9-14)26(23,24)20(3)4/h6-9H,10-11H2,1-5H3,(H,18,22). The normalized spacial score (nSPS) is 12.0. The highest BCUT2D eigenvalue weighted by molar-refractivity contribution is 7.89. The number of carbonyl (C=O) groups excluding carboxylic acids is 1. The van der Waals surface area contributed by atoms with E-state index in [2.05, 4.69) is 10.5 Å². The Morgan fingerprint density at radius 1 is 1.23 bits per heavy atom. The number of anilines is 1. The van der Waals surface area contributed by atoms with E-state index in [0.29, 0.717) is 12.2 Å². The minimum atomic E-state index is -3.55. The number of aryl methyl sites for hydroxylation is 2. The van der Waals surface area contributed by atoms with E-state index in [-0.39, 0.29) is 17.3 Å². The number of benzene rings is 1. The Morgan fingerprint density at radius 2 is 1.92 bits per heavy atom. The van der Waals surface area contributed by atoms with Crippen LogP contribution in [0, 0.1) is 13.8 Å². The van der Waals surface area contributed by atoms with E-state index in [1.807, 2.05) is 25.8 Å². The summed E-state index contributed by atoms with van der Waals surface area (Å²) in [5, 5.41) is 6.63. The first-order chi connectivity index (χ1) is 12.1. The zero-order chi connectivity index (χ0) is 19.5. The maximum absolute atomic E-state index is 12.3. The van der Waals surface area contributed by atoms with Crippen LogP contribution in [0.25, 0.3) is 0 Å². The molecule has 0 aliphatic heterocycles. The van der Waals surface area contributed by atoms with Crippen LogP contribution in [-0.2, 0) is 21.4 Å². The van der Waals surface area contributed by atoms with Crippen LogP contribution in [0.1, 0.15) is 17.0 Å². The lowest BCUT2D eigenvalue weighted by molar-refractivity contribution is -0.117. The van der Waals surface area contributed by atoms with Crippen molar-refractivity contribution in [3.05, 3.63) is 41.3 Å². The Hall–Kier alpha value is -2.23. The summed E-state index contributed by atoms with van der Waals surface area (Å²) in [6, 6.07) is 6.19. The lowest BCUT2D eigenvalue weighted by Crippen LogP contribution is -2.30. The van der Waals surface area contributed by atoms with E-state index in [9.17, 15) is 13.2 Å². The molecule has 9 heteroatoms. The molecule has 2 aromatic rings. The molecule has 8 nitrogen and oxygen atoms in total. The molecule has 1 heterocycles. The first kappa shape index (κ1) is 20.1. The second-order valence-corrected chi connectivity index (χ2v) is 8.49. The highest BCUT2D eigenvalue weighted by atomic mass is 32.2. The molecule has 2 rings (SSSR count). The molecule has 1 amide bonds. The molecule has 0 atom stereocenters. The number of aromatic nitrogens is 1. The minimum absolute atomic E-state index is 0.129. The van der Waals surface area contributed by atoms with Crippen LogP contribution in [0.15, 0.2) is 33.7 Å². The number of sulfonamides is 1. The first-order valence-corrected chi connectivity index (χ1v) is 9.48. The molecule has 1 N–H and O–H groups in total. The summed E-state index contributed by atoms with van der Waals surface area (Å²) in [5.41, 5.74) is 2.19. The van der Waals surface area contributed by atoms with Gasteiger partial charge in [0.05, 0.1) is 17.1 Å². The maximum Gasteiger partial charge on any atom is 0.242 e. The van der Waals surface area contributed by atoms with Gasteiger partial charge in [0.2, 0.25) is 15.9 Å². The monoisotopic (exact) mass is 380 g/mol. The number of hydrogen-bond acceptors (Lipinski definition) is 6. The minimum Gasteiger partial charge on any atom is -0.361 e. The van der Waals surface area contributed by atoms with E-state index in [0.717, 1.165) is 21.3 Å². The summed E-state index contributed by atoms with van der Waals surface area (Å²) in [6.07, 6.45) is 0. The topological polar surface area (TPSA) is 95.7 Å². The van der Waals surface area contributed by atoms with Crippen LogP contribution in [0.5, 0.6) is 0 Å². The average Bonchev–Trinajstić information content (AvgIpc) is 2.86. The van der Waals surface area contributed by atoms with Gasteiger partial charge in [0.15, 0.2) is 0 Å². The van der Waals surface area contributed by atoms with Gasteiger partial charge in [-0.3, -0.25) is 9.69 Å². The molecule has 0 fully saturated rings. The fourth-order valence-corrected chi connectivity index (χ4v) is 3.39. The van der Waals surface area contributed by atoms with Crippen molar-refractivity contribution in [3.8, 4) is 0 Å². The smallest absolute Gasteiger partial charge is 0.242 e. The Labute approximate surface area is 153 Å². The number of hydrogen-bond donors (Lipinski definition) is 1. The van der Waals surface area contributed by atoms with Gasteiger partial charge in [0, 0.05) is 31.9 Å². The Kier molecular flexibility index (Phi) is 6.17. The van der Waals surface area contributed by atoms with Crippen LogP contribution >= 0.6 is 0 Å². The lowest BCUT2D eigenvalue weighted by Gasteiger charge is -2.16. The average molecular weight is 380 g/mol. The van der Waals surface area contributed by atoms with E-state index in [1.54, 1.807) is 12.1 Å².